The molecule has 0 unspecified atom stereocenters. The summed E-state index contributed by atoms with van der Waals surface area (Å²) in [6.07, 6.45) is 5.10. The summed E-state index contributed by atoms with van der Waals surface area (Å²) in [5.41, 5.74) is 4.96. The lowest BCUT2D eigenvalue weighted by Crippen LogP contribution is -2.11. The summed E-state index contributed by atoms with van der Waals surface area (Å²) in [6.45, 7) is 3.94. The van der Waals surface area contributed by atoms with E-state index in [9.17, 15) is 14.7 Å². The number of methoxy groups -OCH3 is 1. The van der Waals surface area contributed by atoms with E-state index in [1.807, 2.05) is 50.4 Å². The van der Waals surface area contributed by atoms with E-state index in [1.54, 1.807) is 7.11 Å². The predicted octanol–water partition coefficient (Wildman–Crippen LogP) is 4.77. The molecule has 32 heavy (non-hydrogen) atoms. The van der Waals surface area contributed by atoms with Gasteiger partial charge in [0, 0.05) is 34.9 Å². The molecular weight excluding hydrogens is 408 g/mol. The van der Waals surface area contributed by atoms with E-state index < -0.39 is 5.97 Å². The molecule has 0 saturated carbocycles. The van der Waals surface area contributed by atoms with Crippen LogP contribution < -0.4 is 10.1 Å². The Hall–Kier alpha value is -3.74. The van der Waals surface area contributed by atoms with E-state index in [4.69, 9.17) is 9.47 Å². The second kappa shape index (κ2) is 8.78. The molecule has 7 nitrogen and oxygen atoms in total. The number of allylic oxidation sites excluding steroid dienone is 2. The number of aromatic hydroxyl groups is 1. The predicted molar refractivity (Wildman–Crippen MR) is 122 cm³/mol. The molecule has 0 saturated heterocycles. The van der Waals surface area contributed by atoms with Crippen molar-refractivity contribution in [2.75, 3.05) is 12.4 Å². The van der Waals surface area contributed by atoms with Gasteiger partial charge in [-0.2, -0.15) is 0 Å². The van der Waals surface area contributed by atoms with E-state index >= 15 is 0 Å². The lowest BCUT2D eigenvalue weighted by atomic mass is 9.94. The minimum absolute atomic E-state index is 0.0693. The first-order chi connectivity index (χ1) is 15.4. The van der Waals surface area contributed by atoms with Crippen LogP contribution in [0.2, 0.25) is 0 Å². The van der Waals surface area contributed by atoms with Gasteiger partial charge in [0.1, 0.15) is 23.7 Å². The third-order valence-corrected chi connectivity index (χ3v) is 5.89. The molecule has 7 heteroatoms. The number of nitrogens with one attached hydrogen (secondary N) is 2. The highest BCUT2D eigenvalue weighted by molar-refractivity contribution is 5.98. The number of phenolic OH excluding ortho intramolecular Hbond substituents is 1. The van der Waals surface area contributed by atoms with E-state index in [1.165, 1.54) is 0 Å². The summed E-state index contributed by atoms with van der Waals surface area (Å²) in [5, 5.41) is 14.7. The number of rotatable bonds is 7. The summed E-state index contributed by atoms with van der Waals surface area (Å²) in [7, 11) is 1.54. The molecule has 4 rings (SSSR count). The van der Waals surface area contributed by atoms with Crippen molar-refractivity contribution in [3.05, 3.63) is 64.4 Å². The second-order valence-electron chi connectivity index (χ2n) is 8.00. The second-order valence-corrected chi connectivity index (χ2v) is 8.00. The van der Waals surface area contributed by atoms with Gasteiger partial charge < -0.3 is 24.9 Å². The normalized spacial score (nSPS) is 13.2. The Morgan fingerprint density at radius 3 is 2.91 bits per heavy atom. The average Bonchev–Trinajstić information content (AvgIpc) is 3.40. The first-order valence-electron chi connectivity index (χ1n) is 10.5. The standard InChI is InChI=1S/C25H26N2O5/c1-14(5-9-21(28)27-17-7-6-16-10-11-26-20(16)12-17)4-8-18-23(29)22-19(13-32-25(22)30)15(2)24(18)31-3/h4,6-7,10-12,26,29H,5,8-9,13H2,1-3H3,(H,27,28). The molecule has 1 aliphatic heterocycles. The quantitative estimate of drug-likeness (QED) is 0.367. The van der Waals surface area contributed by atoms with Crippen molar-refractivity contribution in [2.45, 2.75) is 39.7 Å². The molecule has 2 aromatic carbocycles. The molecule has 0 fully saturated rings. The number of fused-ring (bicyclic) bond motifs is 2. The molecule has 0 atom stereocenters. The minimum Gasteiger partial charge on any atom is -0.507 e. The molecule has 0 spiro atoms. The van der Waals surface area contributed by atoms with Crippen LogP contribution in [0.4, 0.5) is 5.69 Å². The van der Waals surface area contributed by atoms with Crippen LogP contribution in [0.25, 0.3) is 10.9 Å². The Bertz CT molecular complexity index is 1240. The van der Waals surface area contributed by atoms with E-state index in [2.05, 4.69) is 10.3 Å². The number of aromatic amines is 1. The minimum atomic E-state index is -0.514. The summed E-state index contributed by atoms with van der Waals surface area (Å²) in [5.74, 6) is -0.118. The van der Waals surface area contributed by atoms with Crippen LogP contribution in [0, 0.1) is 6.92 Å². The number of H-pyrrole nitrogens is 1. The van der Waals surface area contributed by atoms with Crippen molar-refractivity contribution < 1.29 is 24.2 Å². The van der Waals surface area contributed by atoms with Gasteiger partial charge in [0.05, 0.1) is 7.11 Å². The number of hydrogen-bond donors (Lipinski definition) is 3. The van der Waals surface area contributed by atoms with Gasteiger partial charge in [-0.15, -0.1) is 0 Å². The first-order valence-corrected chi connectivity index (χ1v) is 10.5. The number of hydrogen-bond acceptors (Lipinski definition) is 5. The SMILES string of the molecule is COc1c(C)c2c(c(O)c1CC=C(C)CCC(=O)Nc1ccc3cc[nH]c3c1)C(=O)OC2. The molecule has 1 aromatic heterocycles. The number of amides is 1. The Kier molecular flexibility index (Phi) is 5.90. The Balaban J connectivity index is 1.41. The van der Waals surface area contributed by atoms with Crippen LogP contribution in [-0.4, -0.2) is 29.1 Å². The smallest absolute Gasteiger partial charge is 0.342 e. The van der Waals surface area contributed by atoms with Gasteiger partial charge in [-0.05, 0) is 55.8 Å². The van der Waals surface area contributed by atoms with Crippen molar-refractivity contribution in [1.82, 2.24) is 4.98 Å². The maximum atomic E-state index is 12.4. The zero-order valence-electron chi connectivity index (χ0n) is 18.4. The number of anilines is 1. The highest BCUT2D eigenvalue weighted by Gasteiger charge is 2.31. The number of carbonyl (C=O) groups is 2. The summed E-state index contributed by atoms with van der Waals surface area (Å²) < 4.78 is 10.6. The maximum absolute atomic E-state index is 12.4. The van der Waals surface area contributed by atoms with E-state index in [0.717, 1.165) is 27.7 Å². The molecule has 0 bridgehead atoms. The number of ether oxygens (including phenoxy) is 2. The van der Waals surface area contributed by atoms with Crippen molar-refractivity contribution in [3.63, 3.8) is 0 Å². The monoisotopic (exact) mass is 434 g/mol. The molecular formula is C25H26N2O5. The molecule has 2 heterocycles. The fourth-order valence-corrected chi connectivity index (χ4v) is 4.07. The molecule has 3 aromatic rings. The van der Waals surface area contributed by atoms with Crippen molar-refractivity contribution in [1.29, 1.82) is 0 Å². The van der Waals surface area contributed by atoms with Gasteiger partial charge in [-0.25, -0.2) is 4.79 Å². The number of cyclic esters (lactones) is 1. The Morgan fingerprint density at radius 2 is 2.12 bits per heavy atom. The summed E-state index contributed by atoms with van der Waals surface area (Å²) >= 11 is 0. The van der Waals surface area contributed by atoms with Gasteiger partial charge in [0.25, 0.3) is 0 Å². The van der Waals surface area contributed by atoms with E-state index in [0.29, 0.717) is 36.1 Å². The fourth-order valence-electron chi connectivity index (χ4n) is 4.07. The summed E-state index contributed by atoms with van der Waals surface area (Å²) in [6, 6.07) is 7.73. The van der Waals surface area contributed by atoms with Gasteiger partial charge in [0.2, 0.25) is 5.91 Å². The molecule has 3 N–H and O–H groups in total. The van der Waals surface area contributed by atoms with Crippen LogP contribution in [0.3, 0.4) is 0 Å². The lowest BCUT2D eigenvalue weighted by Gasteiger charge is -2.15. The van der Waals surface area contributed by atoms with Gasteiger partial charge in [-0.1, -0.05) is 17.7 Å². The van der Waals surface area contributed by atoms with E-state index in [-0.39, 0.29) is 23.8 Å². The number of phenols is 1. The number of carbonyl (C=O) groups excluding carboxylic acids is 2. The highest BCUT2D eigenvalue weighted by Crippen LogP contribution is 2.42. The largest absolute Gasteiger partial charge is 0.507 e. The topological polar surface area (TPSA) is 101 Å². The number of benzene rings is 2. The molecule has 0 radical (unpaired) electrons. The Morgan fingerprint density at radius 1 is 1.31 bits per heavy atom. The molecule has 1 amide bonds. The zero-order chi connectivity index (χ0) is 22.8. The van der Waals surface area contributed by atoms with Crippen LogP contribution in [-0.2, 0) is 22.6 Å². The molecule has 1 aliphatic rings. The van der Waals surface area contributed by atoms with Crippen LogP contribution in [0.1, 0.15) is 46.8 Å². The highest BCUT2D eigenvalue weighted by atomic mass is 16.5. The van der Waals surface area contributed by atoms with Crippen LogP contribution in [0.5, 0.6) is 11.5 Å². The van der Waals surface area contributed by atoms with Crippen LogP contribution in [0.15, 0.2) is 42.1 Å². The van der Waals surface area contributed by atoms with Crippen LogP contribution >= 0.6 is 0 Å². The van der Waals surface area contributed by atoms with Crippen molar-refractivity contribution in [3.8, 4) is 11.5 Å². The first kappa shape index (κ1) is 21.5. The summed E-state index contributed by atoms with van der Waals surface area (Å²) in [4.78, 5) is 27.5. The Labute approximate surface area is 186 Å². The van der Waals surface area contributed by atoms with Crippen molar-refractivity contribution in [2.24, 2.45) is 0 Å². The number of aromatic nitrogens is 1. The van der Waals surface area contributed by atoms with Gasteiger partial charge in [0.15, 0.2) is 0 Å². The fraction of sp³-hybridized carbons (Fsp3) is 0.280. The lowest BCUT2D eigenvalue weighted by molar-refractivity contribution is -0.116. The number of esters is 1. The molecule has 166 valence electrons. The van der Waals surface area contributed by atoms with Crippen molar-refractivity contribution >= 4 is 28.5 Å². The maximum Gasteiger partial charge on any atom is 0.342 e. The molecule has 0 aliphatic carbocycles. The average molecular weight is 434 g/mol. The van der Waals surface area contributed by atoms with Gasteiger partial charge >= 0.3 is 5.97 Å². The third kappa shape index (κ3) is 4.06. The third-order valence-electron chi connectivity index (χ3n) is 5.89. The van der Waals surface area contributed by atoms with Gasteiger partial charge in [-0.3, -0.25) is 4.79 Å². The zero-order valence-corrected chi connectivity index (χ0v) is 18.4.